The molecule has 0 aliphatic carbocycles. The molecule has 0 unspecified atom stereocenters. The van der Waals surface area contributed by atoms with Crippen molar-refractivity contribution in [3.63, 3.8) is 0 Å². The molecule has 0 fully saturated rings. The fourth-order valence-electron chi connectivity index (χ4n) is 4.97. The summed E-state index contributed by atoms with van der Waals surface area (Å²) in [6.07, 6.45) is 2.00. The molecule has 230 valence electrons. The number of amides is 2. The summed E-state index contributed by atoms with van der Waals surface area (Å²) in [5.74, 6) is -0.0378. The van der Waals surface area contributed by atoms with Crippen LogP contribution in [0.3, 0.4) is 0 Å². The van der Waals surface area contributed by atoms with Crippen LogP contribution >= 0.6 is 0 Å². The first-order valence-electron chi connectivity index (χ1n) is 14.8. The van der Waals surface area contributed by atoms with Gasteiger partial charge in [-0.3, -0.25) is 13.9 Å². The summed E-state index contributed by atoms with van der Waals surface area (Å²) in [5, 5.41) is 3.00. The van der Waals surface area contributed by atoms with Gasteiger partial charge >= 0.3 is 0 Å². The number of carbonyl (C=O) groups excluding carboxylic acids is 2. The van der Waals surface area contributed by atoms with Gasteiger partial charge in [0.05, 0.1) is 11.4 Å². The SMILES string of the molecule is CCCCNC(=O)[C@H](Cc1ccccc1)N(Cc1cccc(C)c1)C(=O)CN(c1ccc2c(c1)OCCO2)S(=O)(=O)CC. The van der Waals surface area contributed by atoms with E-state index in [4.69, 9.17) is 9.47 Å². The minimum Gasteiger partial charge on any atom is -0.486 e. The van der Waals surface area contributed by atoms with Crippen LogP contribution in [0, 0.1) is 6.92 Å². The van der Waals surface area contributed by atoms with Gasteiger partial charge in [-0.15, -0.1) is 0 Å². The van der Waals surface area contributed by atoms with Crippen LogP contribution in [0.2, 0.25) is 0 Å². The van der Waals surface area contributed by atoms with Crippen molar-refractivity contribution < 1.29 is 27.5 Å². The second-order valence-corrected chi connectivity index (χ2v) is 12.8. The molecule has 0 aromatic heterocycles. The molecule has 2 amide bonds. The van der Waals surface area contributed by atoms with Gasteiger partial charge in [-0.1, -0.05) is 73.5 Å². The Bertz CT molecular complexity index is 1500. The van der Waals surface area contributed by atoms with E-state index in [1.807, 2.05) is 68.4 Å². The predicted octanol–water partition coefficient (Wildman–Crippen LogP) is 4.48. The van der Waals surface area contributed by atoms with Gasteiger partial charge in [-0.25, -0.2) is 8.42 Å². The number of carbonyl (C=O) groups is 2. The number of anilines is 1. The van der Waals surface area contributed by atoms with Crippen LogP contribution in [0.25, 0.3) is 0 Å². The number of hydrogen-bond acceptors (Lipinski definition) is 6. The first kappa shape index (κ1) is 31.9. The molecule has 1 aliphatic rings. The van der Waals surface area contributed by atoms with E-state index in [0.29, 0.717) is 36.9 Å². The molecule has 1 atom stereocenters. The smallest absolute Gasteiger partial charge is 0.244 e. The zero-order valence-electron chi connectivity index (χ0n) is 25.1. The van der Waals surface area contributed by atoms with Crippen LogP contribution in [0.1, 0.15) is 43.4 Å². The molecule has 0 bridgehead atoms. The fourth-order valence-corrected chi connectivity index (χ4v) is 6.03. The lowest BCUT2D eigenvalue weighted by Gasteiger charge is -2.34. The summed E-state index contributed by atoms with van der Waals surface area (Å²) in [6.45, 7) is 6.44. The lowest BCUT2D eigenvalue weighted by molar-refractivity contribution is -0.140. The van der Waals surface area contributed by atoms with Gasteiger partial charge in [0, 0.05) is 25.6 Å². The van der Waals surface area contributed by atoms with E-state index in [2.05, 4.69) is 5.32 Å². The van der Waals surface area contributed by atoms with Crippen molar-refractivity contribution in [1.82, 2.24) is 10.2 Å². The third-order valence-electron chi connectivity index (χ3n) is 7.33. The molecule has 1 aliphatic heterocycles. The van der Waals surface area contributed by atoms with Crippen molar-refractivity contribution in [2.45, 2.75) is 52.6 Å². The van der Waals surface area contributed by atoms with Crippen LogP contribution < -0.4 is 19.1 Å². The van der Waals surface area contributed by atoms with E-state index in [1.165, 1.54) is 11.8 Å². The zero-order valence-corrected chi connectivity index (χ0v) is 25.9. The van der Waals surface area contributed by atoms with E-state index in [-0.39, 0.29) is 24.6 Å². The summed E-state index contributed by atoms with van der Waals surface area (Å²) in [4.78, 5) is 29.6. The van der Waals surface area contributed by atoms with E-state index in [9.17, 15) is 18.0 Å². The number of nitrogens with one attached hydrogen (secondary N) is 1. The Balaban J connectivity index is 1.73. The Kier molecular flexibility index (Phi) is 11.1. The summed E-state index contributed by atoms with van der Waals surface area (Å²) in [5.41, 5.74) is 3.05. The van der Waals surface area contributed by atoms with Crippen molar-refractivity contribution in [3.05, 3.63) is 89.5 Å². The first-order chi connectivity index (χ1) is 20.7. The largest absolute Gasteiger partial charge is 0.486 e. The summed E-state index contributed by atoms with van der Waals surface area (Å²) in [6, 6.07) is 21.3. The third kappa shape index (κ3) is 8.50. The highest BCUT2D eigenvalue weighted by Crippen LogP contribution is 2.35. The average molecular weight is 608 g/mol. The fraction of sp³-hybridized carbons (Fsp3) is 0.394. The average Bonchev–Trinajstić information content (AvgIpc) is 3.01. The maximum Gasteiger partial charge on any atom is 0.244 e. The molecule has 3 aromatic rings. The first-order valence-corrected chi connectivity index (χ1v) is 16.4. The Morgan fingerprint density at radius 2 is 1.63 bits per heavy atom. The van der Waals surface area contributed by atoms with E-state index in [1.54, 1.807) is 18.2 Å². The molecular weight excluding hydrogens is 566 g/mol. The van der Waals surface area contributed by atoms with Crippen LogP contribution in [0.15, 0.2) is 72.8 Å². The molecule has 43 heavy (non-hydrogen) atoms. The third-order valence-corrected chi connectivity index (χ3v) is 9.07. The number of ether oxygens (including phenoxy) is 2. The predicted molar refractivity (Wildman–Crippen MR) is 168 cm³/mol. The Morgan fingerprint density at radius 1 is 0.907 bits per heavy atom. The number of aryl methyl sites for hydroxylation is 1. The molecule has 0 radical (unpaired) electrons. The van der Waals surface area contributed by atoms with Crippen LogP contribution in [0.4, 0.5) is 5.69 Å². The molecular formula is C33H41N3O6S. The van der Waals surface area contributed by atoms with Crippen molar-refractivity contribution in [3.8, 4) is 11.5 Å². The molecule has 4 rings (SSSR count). The minimum atomic E-state index is -3.88. The molecule has 1 heterocycles. The number of fused-ring (bicyclic) bond motifs is 1. The van der Waals surface area contributed by atoms with E-state index in [0.717, 1.165) is 33.8 Å². The van der Waals surface area contributed by atoms with Gasteiger partial charge < -0.3 is 19.7 Å². The summed E-state index contributed by atoms with van der Waals surface area (Å²) >= 11 is 0. The number of hydrogen-bond donors (Lipinski definition) is 1. The van der Waals surface area contributed by atoms with Crippen LogP contribution in [0.5, 0.6) is 11.5 Å². The molecule has 0 saturated heterocycles. The van der Waals surface area contributed by atoms with Crippen molar-refractivity contribution >= 4 is 27.5 Å². The number of nitrogens with zero attached hydrogens (tertiary/aromatic N) is 2. The number of benzene rings is 3. The van der Waals surface area contributed by atoms with Crippen molar-refractivity contribution in [1.29, 1.82) is 0 Å². The maximum atomic E-state index is 14.3. The normalized spacial score (nSPS) is 13.2. The van der Waals surface area contributed by atoms with Gasteiger partial charge in [0.25, 0.3) is 0 Å². The number of unbranched alkanes of at least 4 members (excludes halogenated alkanes) is 1. The number of sulfonamides is 1. The highest BCUT2D eigenvalue weighted by molar-refractivity contribution is 7.92. The monoisotopic (exact) mass is 607 g/mol. The molecule has 0 spiro atoms. The van der Waals surface area contributed by atoms with E-state index < -0.39 is 28.5 Å². The second-order valence-electron chi connectivity index (χ2n) is 10.6. The number of rotatable bonds is 14. The van der Waals surface area contributed by atoms with Gasteiger partial charge in [-0.05, 0) is 43.5 Å². The van der Waals surface area contributed by atoms with Gasteiger partial charge in [0.15, 0.2) is 11.5 Å². The minimum absolute atomic E-state index is 0.139. The van der Waals surface area contributed by atoms with Crippen LogP contribution in [-0.4, -0.2) is 63.2 Å². The van der Waals surface area contributed by atoms with Gasteiger partial charge in [0.1, 0.15) is 25.8 Å². The quantitative estimate of drug-likeness (QED) is 0.271. The molecule has 10 heteroatoms. The highest BCUT2D eigenvalue weighted by Gasteiger charge is 2.34. The molecule has 0 saturated carbocycles. The topological polar surface area (TPSA) is 105 Å². The summed E-state index contributed by atoms with van der Waals surface area (Å²) in [7, 11) is -3.88. The molecule has 1 N–H and O–H groups in total. The lowest BCUT2D eigenvalue weighted by Crippen LogP contribution is -2.53. The maximum absolute atomic E-state index is 14.3. The Hall–Kier alpha value is -4.05. The Morgan fingerprint density at radius 3 is 2.33 bits per heavy atom. The van der Waals surface area contributed by atoms with Crippen molar-refractivity contribution in [2.24, 2.45) is 0 Å². The molecule has 9 nitrogen and oxygen atoms in total. The zero-order chi connectivity index (χ0) is 30.8. The Labute approximate surface area is 254 Å². The highest BCUT2D eigenvalue weighted by atomic mass is 32.2. The van der Waals surface area contributed by atoms with Gasteiger partial charge in [-0.2, -0.15) is 0 Å². The van der Waals surface area contributed by atoms with Crippen LogP contribution in [-0.2, 0) is 32.6 Å². The lowest BCUT2D eigenvalue weighted by atomic mass is 10.0. The van der Waals surface area contributed by atoms with E-state index >= 15 is 0 Å². The second kappa shape index (κ2) is 14.9. The molecule has 3 aromatic carbocycles. The summed E-state index contributed by atoms with van der Waals surface area (Å²) < 4.78 is 39.2. The van der Waals surface area contributed by atoms with Crippen molar-refractivity contribution in [2.75, 3.05) is 36.4 Å². The van der Waals surface area contributed by atoms with Gasteiger partial charge in [0.2, 0.25) is 21.8 Å². The standard InChI is InChI=1S/C33H41N3O6S/c1-4-6-17-34-33(38)29(21-26-12-8-7-9-13-26)35(23-27-14-10-11-25(3)20-27)32(37)24-36(43(39,40)5-2)28-15-16-30-31(22-28)42-19-18-41-30/h7-16,20,22,29H,4-6,17-19,21,23-24H2,1-3H3,(H,34,38)/t29-/m0/s1.